The molecule has 1 heterocycles. The van der Waals surface area contributed by atoms with Gasteiger partial charge < -0.3 is 16.2 Å². The minimum absolute atomic E-state index is 0.343. The molecule has 80 valence electrons. The van der Waals surface area contributed by atoms with Crippen molar-refractivity contribution in [1.82, 2.24) is 9.78 Å². The molecule has 5 heteroatoms. The van der Waals surface area contributed by atoms with E-state index in [-0.39, 0.29) is 6.10 Å². The monoisotopic (exact) mass is 198 g/mol. The van der Waals surface area contributed by atoms with E-state index in [0.29, 0.717) is 12.2 Å². The van der Waals surface area contributed by atoms with Gasteiger partial charge in [0.1, 0.15) is 5.82 Å². The molecule has 0 aromatic carbocycles. The fourth-order valence-corrected chi connectivity index (χ4v) is 1.24. The predicted octanol–water partition coefficient (Wildman–Crippen LogP) is 0.494. The van der Waals surface area contributed by atoms with Crippen molar-refractivity contribution < 1.29 is 5.11 Å². The summed E-state index contributed by atoms with van der Waals surface area (Å²) in [5.41, 5.74) is 7.26. The Morgan fingerprint density at radius 1 is 1.64 bits per heavy atom. The topological polar surface area (TPSA) is 76.1 Å². The van der Waals surface area contributed by atoms with Gasteiger partial charge in [0.15, 0.2) is 0 Å². The maximum absolute atomic E-state index is 9.37. The average molecular weight is 198 g/mol. The molecule has 0 saturated heterocycles. The van der Waals surface area contributed by atoms with E-state index in [1.54, 1.807) is 4.68 Å². The second kappa shape index (κ2) is 4.32. The number of nitrogens with one attached hydrogen (secondary N) is 1. The highest BCUT2D eigenvalue weighted by Crippen LogP contribution is 2.20. The van der Waals surface area contributed by atoms with Gasteiger partial charge in [-0.15, -0.1) is 0 Å². The first-order valence-electron chi connectivity index (χ1n) is 4.77. The lowest BCUT2D eigenvalue weighted by atomic mass is 10.3. The van der Waals surface area contributed by atoms with Crippen LogP contribution in [0, 0.1) is 6.92 Å². The lowest BCUT2D eigenvalue weighted by molar-refractivity contribution is 0.183. The number of nitrogens with zero attached hydrogens (tertiary/aromatic N) is 2. The van der Waals surface area contributed by atoms with Crippen LogP contribution < -0.4 is 11.1 Å². The van der Waals surface area contributed by atoms with Crippen LogP contribution in [0.25, 0.3) is 0 Å². The number of hydrogen-bond acceptors (Lipinski definition) is 4. The Balaban J connectivity index is 2.67. The number of aliphatic hydroxyl groups is 1. The van der Waals surface area contributed by atoms with E-state index in [1.165, 1.54) is 0 Å². The molecule has 0 bridgehead atoms. The maximum atomic E-state index is 9.37. The first kappa shape index (κ1) is 10.8. The van der Waals surface area contributed by atoms with Crippen LogP contribution in [-0.4, -0.2) is 27.5 Å². The molecule has 0 aliphatic rings. The number of aryl methyl sites for hydroxylation is 2. The van der Waals surface area contributed by atoms with E-state index in [1.807, 2.05) is 20.9 Å². The van der Waals surface area contributed by atoms with E-state index in [2.05, 4.69) is 10.4 Å². The molecule has 1 rings (SSSR count). The molecule has 1 aromatic heterocycles. The van der Waals surface area contributed by atoms with Crippen molar-refractivity contribution in [1.29, 1.82) is 0 Å². The highest BCUT2D eigenvalue weighted by atomic mass is 16.3. The van der Waals surface area contributed by atoms with Crippen LogP contribution in [0.15, 0.2) is 0 Å². The van der Waals surface area contributed by atoms with Gasteiger partial charge in [0.2, 0.25) is 0 Å². The lowest BCUT2D eigenvalue weighted by Gasteiger charge is -2.11. The van der Waals surface area contributed by atoms with Gasteiger partial charge in [0, 0.05) is 13.6 Å². The van der Waals surface area contributed by atoms with E-state index in [9.17, 15) is 5.11 Å². The fourth-order valence-electron chi connectivity index (χ4n) is 1.24. The van der Waals surface area contributed by atoms with Gasteiger partial charge in [-0.1, -0.05) is 6.92 Å². The summed E-state index contributed by atoms with van der Waals surface area (Å²) in [7, 11) is 1.82. The van der Waals surface area contributed by atoms with E-state index < -0.39 is 0 Å². The summed E-state index contributed by atoms with van der Waals surface area (Å²) >= 11 is 0. The molecule has 0 saturated carbocycles. The summed E-state index contributed by atoms with van der Waals surface area (Å²) < 4.78 is 1.69. The van der Waals surface area contributed by atoms with Crippen molar-refractivity contribution >= 4 is 11.5 Å². The molecule has 0 radical (unpaired) electrons. The normalized spacial score (nSPS) is 12.9. The lowest BCUT2D eigenvalue weighted by Crippen LogP contribution is -2.20. The van der Waals surface area contributed by atoms with E-state index >= 15 is 0 Å². The SMILES string of the molecule is CCC(O)CNc1c(N)c(C)nn1C. The van der Waals surface area contributed by atoms with E-state index in [4.69, 9.17) is 5.73 Å². The number of nitrogen functional groups attached to an aromatic ring is 1. The third kappa shape index (κ3) is 2.17. The number of aromatic nitrogens is 2. The highest BCUT2D eigenvalue weighted by molar-refractivity contribution is 5.64. The second-order valence-corrected chi connectivity index (χ2v) is 3.41. The van der Waals surface area contributed by atoms with Crippen molar-refractivity contribution in [2.45, 2.75) is 26.4 Å². The van der Waals surface area contributed by atoms with Crippen LogP contribution in [0.1, 0.15) is 19.0 Å². The maximum Gasteiger partial charge on any atom is 0.147 e. The van der Waals surface area contributed by atoms with Crippen LogP contribution in [0.3, 0.4) is 0 Å². The summed E-state index contributed by atoms with van der Waals surface area (Å²) in [6.45, 7) is 4.29. The Labute approximate surface area is 83.9 Å². The smallest absolute Gasteiger partial charge is 0.147 e. The average Bonchev–Trinajstić information content (AvgIpc) is 2.39. The van der Waals surface area contributed by atoms with Crippen molar-refractivity contribution in [2.75, 3.05) is 17.6 Å². The van der Waals surface area contributed by atoms with Crippen LogP contribution in [0.2, 0.25) is 0 Å². The summed E-state index contributed by atoms with van der Waals surface area (Å²) in [4.78, 5) is 0. The van der Waals surface area contributed by atoms with Crippen LogP contribution in [-0.2, 0) is 7.05 Å². The zero-order chi connectivity index (χ0) is 10.7. The number of rotatable bonds is 4. The molecule has 0 aliphatic carbocycles. The quantitative estimate of drug-likeness (QED) is 0.658. The Morgan fingerprint density at radius 2 is 2.29 bits per heavy atom. The molecular weight excluding hydrogens is 180 g/mol. The van der Waals surface area contributed by atoms with Crippen LogP contribution >= 0.6 is 0 Å². The molecule has 14 heavy (non-hydrogen) atoms. The molecule has 0 amide bonds. The van der Waals surface area contributed by atoms with Gasteiger partial charge in [-0.2, -0.15) is 5.10 Å². The standard InChI is InChI=1S/C9H18N4O/c1-4-7(14)5-11-9-8(10)6(2)12-13(9)3/h7,11,14H,4-5,10H2,1-3H3. The molecular formula is C9H18N4O. The molecule has 0 aliphatic heterocycles. The van der Waals surface area contributed by atoms with Crippen molar-refractivity contribution in [2.24, 2.45) is 7.05 Å². The minimum Gasteiger partial charge on any atom is -0.394 e. The first-order valence-corrected chi connectivity index (χ1v) is 4.77. The van der Waals surface area contributed by atoms with E-state index in [0.717, 1.165) is 17.9 Å². The largest absolute Gasteiger partial charge is 0.394 e. The molecule has 0 spiro atoms. The van der Waals surface area contributed by atoms with Crippen molar-refractivity contribution in [3.05, 3.63) is 5.69 Å². The van der Waals surface area contributed by atoms with Crippen molar-refractivity contribution in [3.8, 4) is 0 Å². The number of aliphatic hydroxyl groups excluding tert-OH is 1. The van der Waals surface area contributed by atoms with Crippen LogP contribution in [0.5, 0.6) is 0 Å². The Kier molecular flexibility index (Phi) is 3.35. The first-order chi connectivity index (χ1) is 6.56. The fraction of sp³-hybridized carbons (Fsp3) is 0.667. The zero-order valence-electron chi connectivity index (χ0n) is 8.91. The third-order valence-electron chi connectivity index (χ3n) is 2.24. The molecule has 1 aromatic rings. The van der Waals surface area contributed by atoms with Crippen molar-refractivity contribution in [3.63, 3.8) is 0 Å². The number of hydrogen-bond donors (Lipinski definition) is 3. The minimum atomic E-state index is -0.343. The number of anilines is 2. The zero-order valence-corrected chi connectivity index (χ0v) is 8.91. The van der Waals surface area contributed by atoms with Gasteiger partial charge >= 0.3 is 0 Å². The van der Waals surface area contributed by atoms with Gasteiger partial charge in [-0.3, -0.25) is 4.68 Å². The molecule has 4 N–H and O–H groups in total. The Hall–Kier alpha value is -1.23. The summed E-state index contributed by atoms with van der Waals surface area (Å²) in [6, 6.07) is 0. The van der Waals surface area contributed by atoms with Gasteiger partial charge in [-0.05, 0) is 13.3 Å². The molecule has 1 atom stereocenters. The van der Waals surface area contributed by atoms with Gasteiger partial charge in [-0.25, -0.2) is 0 Å². The van der Waals surface area contributed by atoms with Crippen LogP contribution in [0.4, 0.5) is 11.5 Å². The highest BCUT2D eigenvalue weighted by Gasteiger charge is 2.10. The van der Waals surface area contributed by atoms with Gasteiger partial charge in [0.05, 0.1) is 17.5 Å². The summed E-state index contributed by atoms with van der Waals surface area (Å²) in [6.07, 6.45) is 0.383. The molecule has 5 nitrogen and oxygen atoms in total. The summed E-state index contributed by atoms with van der Waals surface area (Å²) in [5.74, 6) is 0.773. The summed E-state index contributed by atoms with van der Waals surface area (Å²) in [5, 5.41) is 16.6. The predicted molar refractivity (Wildman–Crippen MR) is 57.1 cm³/mol. The molecule has 1 unspecified atom stereocenters. The number of nitrogens with two attached hydrogens (primary N) is 1. The molecule has 0 fully saturated rings. The second-order valence-electron chi connectivity index (χ2n) is 3.41. The Morgan fingerprint density at radius 3 is 2.71 bits per heavy atom. The third-order valence-corrected chi connectivity index (χ3v) is 2.24. The van der Waals surface area contributed by atoms with Gasteiger partial charge in [0.25, 0.3) is 0 Å². The Bertz CT molecular complexity index is 308.